The third-order valence-electron chi connectivity index (χ3n) is 4.60. The number of rotatable bonds is 4. The predicted molar refractivity (Wildman–Crippen MR) is 74.9 cm³/mol. The summed E-state index contributed by atoms with van der Waals surface area (Å²) in [6.07, 6.45) is 9.80. The molecular formula is C15H25N3O. The molecule has 2 heterocycles. The van der Waals surface area contributed by atoms with E-state index >= 15 is 0 Å². The zero-order chi connectivity index (χ0) is 13.1. The number of ether oxygens (including phenoxy) is 1. The predicted octanol–water partition coefficient (Wildman–Crippen LogP) is 2.29. The fraction of sp³-hybridized carbons (Fsp3) is 0.800. The average molecular weight is 263 g/mol. The third-order valence-corrected chi connectivity index (χ3v) is 4.60. The van der Waals surface area contributed by atoms with Crippen molar-refractivity contribution in [2.24, 2.45) is 5.92 Å². The smallest absolute Gasteiger partial charge is 0.122 e. The van der Waals surface area contributed by atoms with Crippen molar-refractivity contribution in [3.05, 3.63) is 18.2 Å². The molecule has 0 radical (unpaired) electrons. The van der Waals surface area contributed by atoms with Crippen molar-refractivity contribution in [2.45, 2.75) is 51.8 Å². The van der Waals surface area contributed by atoms with E-state index in [9.17, 15) is 0 Å². The maximum Gasteiger partial charge on any atom is 0.122 e. The molecule has 2 atom stereocenters. The second-order valence-electron chi connectivity index (χ2n) is 5.98. The highest BCUT2D eigenvalue weighted by molar-refractivity contribution is 4.95. The molecule has 0 amide bonds. The molecule has 1 aliphatic carbocycles. The van der Waals surface area contributed by atoms with Crippen LogP contribution in [0.1, 0.15) is 38.4 Å². The van der Waals surface area contributed by atoms with Gasteiger partial charge in [0.1, 0.15) is 5.82 Å². The zero-order valence-corrected chi connectivity index (χ0v) is 11.9. The van der Waals surface area contributed by atoms with Gasteiger partial charge in [0.15, 0.2) is 0 Å². The van der Waals surface area contributed by atoms with Crippen LogP contribution in [-0.4, -0.2) is 40.3 Å². The molecule has 4 nitrogen and oxygen atoms in total. The van der Waals surface area contributed by atoms with Gasteiger partial charge in [-0.3, -0.25) is 4.90 Å². The molecule has 0 saturated heterocycles. The minimum Gasteiger partial charge on any atom is -0.377 e. The summed E-state index contributed by atoms with van der Waals surface area (Å²) in [6, 6.07) is 0. The summed E-state index contributed by atoms with van der Waals surface area (Å²) in [5.74, 6) is 1.94. The van der Waals surface area contributed by atoms with Gasteiger partial charge in [-0.05, 0) is 18.8 Å². The van der Waals surface area contributed by atoms with E-state index in [1.807, 2.05) is 6.20 Å². The number of fused-ring (bicyclic) bond motifs is 1. The monoisotopic (exact) mass is 263 g/mol. The topological polar surface area (TPSA) is 30.3 Å². The van der Waals surface area contributed by atoms with Crippen LogP contribution in [0.5, 0.6) is 0 Å². The minimum absolute atomic E-state index is 0.500. The largest absolute Gasteiger partial charge is 0.377 e. The van der Waals surface area contributed by atoms with Crippen LogP contribution in [0.25, 0.3) is 0 Å². The van der Waals surface area contributed by atoms with E-state index in [0.717, 1.165) is 38.7 Å². The summed E-state index contributed by atoms with van der Waals surface area (Å²) < 4.78 is 8.35. The molecule has 19 heavy (non-hydrogen) atoms. The zero-order valence-electron chi connectivity index (χ0n) is 11.9. The van der Waals surface area contributed by atoms with Gasteiger partial charge in [-0.15, -0.1) is 0 Å². The first-order valence-electron chi connectivity index (χ1n) is 7.67. The van der Waals surface area contributed by atoms with E-state index in [1.54, 1.807) is 0 Å². The standard InChI is InChI=1S/C15H25N3O/c1-13-4-2-3-5-14(13)19-11-10-17-8-9-18-7-6-16-15(18)12-17/h6-7,13-14H,2-5,8-12H2,1H3. The van der Waals surface area contributed by atoms with E-state index in [4.69, 9.17) is 4.74 Å². The van der Waals surface area contributed by atoms with Crippen molar-refractivity contribution < 1.29 is 4.74 Å². The van der Waals surface area contributed by atoms with Gasteiger partial charge in [-0.25, -0.2) is 4.98 Å². The van der Waals surface area contributed by atoms with Gasteiger partial charge < -0.3 is 9.30 Å². The Balaban J connectivity index is 1.41. The Hall–Kier alpha value is -0.870. The Morgan fingerprint density at radius 2 is 2.21 bits per heavy atom. The van der Waals surface area contributed by atoms with Crippen LogP contribution in [0.15, 0.2) is 12.4 Å². The quantitative estimate of drug-likeness (QED) is 0.835. The highest BCUT2D eigenvalue weighted by atomic mass is 16.5. The summed E-state index contributed by atoms with van der Waals surface area (Å²) in [5.41, 5.74) is 0. The van der Waals surface area contributed by atoms with Crippen molar-refractivity contribution in [1.82, 2.24) is 14.5 Å². The van der Waals surface area contributed by atoms with Crippen molar-refractivity contribution in [3.8, 4) is 0 Å². The van der Waals surface area contributed by atoms with E-state index < -0.39 is 0 Å². The van der Waals surface area contributed by atoms with E-state index in [-0.39, 0.29) is 0 Å². The van der Waals surface area contributed by atoms with Crippen molar-refractivity contribution in [1.29, 1.82) is 0 Å². The van der Waals surface area contributed by atoms with E-state index in [1.165, 1.54) is 31.5 Å². The molecule has 0 spiro atoms. The van der Waals surface area contributed by atoms with Crippen LogP contribution < -0.4 is 0 Å². The molecule has 0 N–H and O–H groups in total. The van der Waals surface area contributed by atoms with Gasteiger partial charge in [0, 0.05) is 32.0 Å². The molecule has 4 heteroatoms. The van der Waals surface area contributed by atoms with Gasteiger partial charge in [-0.1, -0.05) is 19.8 Å². The van der Waals surface area contributed by atoms with Crippen LogP contribution in [0.4, 0.5) is 0 Å². The molecule has 3 rings (SSSR count). The third kappa shape index (κ3) is 3.18. The Kier molecular flexibility index (Phi) is 4.18. The van der Waals surface area contributed by atoms with Gasteiger partial charge in [-0.2, -0.15) is 0 Å². The highest BCUT2D eigenvalue weighted by Crippen LogP contribution is 2.26. The van der Waals surface area contributed by atoms with E-state index in [2.05, 4.69) is 27.6 Å². The number of hydrogen-bond acceptors (Lipinski definition) is 3. The molecule has 1 aromatic rings. The summed E-state index contributed by atoms with van der Waals surface area (Å²) in [4.78, 5) is 6.85. The maximum atomic E-state index is 6.10. The van der Waals surface area contributed by atoms with Crippen molar-refractivity contribution in [2.75, 3.05) is 19.7 Å². The first kappa shape index (κ1) is 13.1. The Bertz CT molecular complexity index is 404. The molecule has 1 fully saturated rings. The Morgan fingerprint density at radius 3 is 3.11 bits per heavy atom. The lowest BCUT2D eigenvalue weighted by atomic mass is 9.88. The number of hydrogen-bond donors (Lipinski definition) is 0. The van der Waals surface area contributed by atoms with Gasteiger partial charge in [0.05, 0.1) is 19.3 Å². The summed E-state index contributed by atoms with van der Waals surface area (Å²) >= 11 is 0. The maximum absolute atomic E-state index is 6.10. The SMILES string of the molecule is CC1CCCCC1OCCN1CCn2ccnc2C1. The van der Waals surface area contributed by atoms with Crippen molar-refractivity contribution >= 4 is 0 Å². The molecule has 106 valence electrons. The molecule has 2 unspecified atom stereocenters. The molecule has 1 aromatic heterocycles. The molecule has 0 bridgehead atoms. The normalized spacial score (nSPS) is 28.3. The molecular weight excluding hydrogens is 238 g/mol. The summed E-state index contributed by atoms with van der Waals surface area (Å²) in [6.45, 7) is 7.39. The summed E-state index contributed by atoms with van der Waals surface area (Å²) in [7, 11) is 0. The van der Waals surface area contributed by atoms with E-state index in [0.29, 0.717) is 6.10 Å². The molecule has 1 aliphatic heterocycles. The fourth-order valence-electron chi connectivity index (χ4n) is 3.28. The van der Waals surface area contributed by atoms with Crippen molar-refractivity contribution in [3.63, 3.8) is 0 Å². The highest BCUT2D eigenvalue weighted by Gasteiger charge is 2.22. The van der Waals surface area contributed by atoms with Crippen LogP contribution in [-0.2, 0) is 17.8 Å². The Labute approximate surface area is 115 Å². The molecule has 2 aliphatic rings. The Morgan fingerprint density at radius 1 is 1.32 bits per heavy atom. The second-order valence-corrected chi connectivity index (χ2v) is 5.98. The lowest BCUT2D eigenvalue weighted by molar-refractivity contribution is -0.0161. The number of imidazole rings is 1. The fourth-order valence-corrected chi connectivity index (χ4v) is 3.28. The number of aromatic nitrogens is 2. The first-order valence-corrected chi connectivity index (χ1v) is 7.67. The molecule has 1 saturated carbocycles. The van der Waals surface area contributed by atoms with Gasteiger partial charge in [0.25, 0.3) is 0 Å². The first-order chi connectivity index (χ1) is 9.33. The van der Waals surface area contributed by atoms with Crippen LogP contribution in [0.3, 0.4) is 0 Å². The second kappa shape index (κ2) is 6.06. The lowest BCUT2D eigenvalue weighted by Gasteiger charge is -2.31. The van der Waals surface area contributed by atoms with Gasteiger partial charge >= 0.3 is 0 Å². The number of nitrogens with zero attached hydrogens (tertiary/aromatic N) is 3. The van der Waals surface area contributed by atoms with Crippen LogP contribution in [0, 0.1) is 5.92 Å². The minimum atomic E-state index is 0.500. The molecule has 0 aromatic carbocycles. The van der Waals surface area contributed by atoms with Crippen LogP contribution >= 0.6 is 0 Å². The summed E-state index contributed by atoms with van der Waals surface area (Å²) in [5, 5.41) is 0. The van der Waals surface area contributed by atoms with Crippen LogP contribution in [0.2, 0.25) is 0 Å². The lowest BCUT2D eigenvalue weighted by Crippen LogP contribution is -2.37. The van der Waals surface area contributed by atoms with Gasteiger partial charge in [0.2, 0.25) is 0 Å². The average Bonchev–Trinajstić information content (AvgIpc) is 2.88.